The summed E-state index contributed by atoms with van der Waals surface area (Å²) in [6, 6.07) is 5.08. The highest BCUT2D eigenvalue weighted by Gasteiger charge is 2.07. The number of ether oxygens (including phenoxy) is 2. The predicted molar refractivity (Wildman–Crippen MR) is 58.6 cm³/mol. The van der Waals surface area contributed by atoms with Gasteiger partial charge in [-0.05, 0) is 13.0 Å². The minimum atomic E-state index is 0.283. The number of hydrogen-bond acceptors (Lipinski definition) is 5. The molecule has 2 heterocycles. The number of aryl methyl sites for hydroxylation is 1. The predicted octanol–water partition coefficient (Wildman–Crippen LogP) is 1.50. The van der Waals surface area contributed by atoms with E-state index in [2.05, 4.69) is 15.2 Å². The molecule has 0 saturated carbocycles. The molecule has 16 heavy (non-hydrogen) atoms. The van der Waals surface area contributed by atoms with E-state index < -0.39 is 0 Å². The van der Waals surface area contributed by atoms with Crippen LogP contribution in [0.1, 0.15) is 5.69 Å². The number of anilines is 1. The van der Waals surface area contributed by atoms with Gasteiger partial charge in [-0.25, -0.2) is 0 Å². The van der Waals surface area contributed by atoms with Crippen LogP contribution in [-0.4, -0.2) is 22.3 Å². The van der Waals surface area contributed by atoms with Crippen LogP contribution in [0.2, 0.25) is 0 Å². The molecule has 0 aliphatic carbocycles. The Hall–Kier alpha value is -2.24. The van der Waals surface area contributed by atoms with Crippen LogP contribution in [0.4, 0.5) is 5.69 Å². The average molecular weight is 220 g/mol. The van der Waals surface area contributed by atoms with Gasteiger partial charge in [-0.3, -0.25) is 5.10 Å². The Labute approximate surface area is 92.4 Å². The molecule has 84 valence electrons. The third-order valence-corrected chi connectivity index (χ3v) is 1.96. The summed E-state index contributed by atoms with van der Waals surface area (Å²) in [6.07, 6.45) is 0. The van der Waals surface area contributed by atoms with Crippen molar-refractivity contribution in [1.29, 1.82) is 0 Å². The SMILES string of the molecule is COc1ccc(N)c(Oc2cc(C)[nH]n2)n1. The number of nitrogens with two attached hydrogens (primary N) is 1. The van der Waals surface area contributed by atoms with Crippen molar-refractivity contribution in [3.05, 3.63) is 23.9 Å². The fourth-order valence-corrected chi connectivity index (χ4v) is 1.17. The van der Waals surface area contributed by atoms with Gasteiger partial charge in [0.05, 0.1) is 12.8 Å². The maximum atomic E-state index is 5.72. The topological polar surface area (TPSA) is 86.0 Å². The van der Waals surface area contributed by atoms with Gasteiger partial charge in [0, 0.05) is 17.8 Å². The van der Waals surface area contributed by atoms with Crippen LogP contribution in [0, 0.1) is 6.92 Å². The fourth-order valence-electron chi connectivity index (χ4n) is 1.17. The van der Waals surface area contributed by atoms with Gasteiger partial charge in [-0.15, -0.1) is 5.10 Å². The Morgan fingerprint density at radius 3 is 2.75 bits per heavy atom. The minimum absolute atomic E-state index is 0.283. The second kappa shape index (κ2) is 4.09. The molecule has 2 aromatic heterocycles. The molecule has 0 amide bonds. The summed E-state index contributed by atoms with van der Waals surface area (Å²) >= 11 is 0. The van der Waals surface area contributed by atoms with Crippen LogP contribution >= 0.6 is 0 Å². The average Bonchev–Trinajstić information content (AvgIpc) is 2.67. The zero-order valence-corrected chi connectivity index (χ0v) is 9.02. The number of nitrogens with zero attached hydrogens (tertiary/aromatic N) is 2. The molecule has 0 unspecified atom stereocenters. The van der Waals surface area contributed by atoms with Crippen molar-refractivity contribution in [3.8, 4) is 17.6 Å². The molecule has 0 saturated heterocycles. The summed E-state index contributed by atoms with van der Waals surface area (Å²) < 4.78 is 10.4. The highest BCUT2D eigenvalue weighted by atomic mass is 16.5. The summed E-state index contributed by atoms with van der Waals surface area (Å²) in [5, 5.41) is 6.69. The van der Waals surface area contributed by atoms with Crippen molar-refractivity contribution in [2.45, 2.75) is 6.92 Å². The molecule has 0 radical (unpaired) electrons. The standard InChI is InChI=1S/C10H12N4O2/c1-6-5-9(14-13-6)16-10-7(11)3-4-8(12-10)15-2/h3-5H,11H2,1-2H3,(H,13,14). The van der Waals surface area contributed by atoms with Crippen LogP contribution in [0.5, 0.6) is 17.6 Å². The van der Waals surface area contributed by atoms with Gasteiger partial charge < -0.3 is 15.2 Å². The highest BCUT2D eigenvalue weighted by Crippen LogP contribution is 2.26. The normalized spacial score (nSPS) is 10.1. The first-order valence-corrected chi connectivity index (χ1v) is 4.69. The zero-order chi connectivity index (χ0) is 11.5. The fraction of sp³-hybridized carbons (Fsp3) is 0.200. The summed E-state index contributed by atoms with van der Waals surface area (Å²) in [6.45, 7) is 1.88. The summed E-state index contributed by atoms with van der Waals surface area (Å²) in [5.41, 5.74) is 7.05. The van der Waals surface area contributed by atoms with Crippen molar-refractivity contribution in [2.24, 2.45) is 0 Å². The van der Waals surface area contributed by atoms with Gasteiger partial charge in [0.15, 0.2) is 0 Å². The number of aromatic nitrogens is 3. The van der Waals surface area contributed by atoms with Gasteiger partial charge in [-0.2, -0.15) is 4.98 Å². The van der Waals surface area contributed by atoms with Crippen LogP contribution < -0.4 is 15.2 Å². The minimum Gasteiger partial charge on any atom is -0.481 e. The lowest BCUT2D eigenvalue weighted by Crippen LogP contribution is -1.97. The monoisotopic (exact) mass is 220 g/mol. The molecule has 0 aromatic carbocycles. The largest absolute Gasteiger partial charge is 0.481 e. The second-order valence-electron chi connectivity index (χ2n) is 3.24. The molecule has 2 rings (SSSR count). The van der Waals surface area contributed by atoms with Gasteiger partial charge in [0.2, 0.25) is 17.6 Å². The second-order valence-corrected chi connectivity index (χ2v) is 3.24. The van der Waals surface area contributed by atoms with E-state index in [9.17, 15) is 0 Å². The Morgan fingerprint density at radius 2 is 2.12 bits per heavy atom. The molecule has 0 aliphatic heterocycles. The molecule has 3 N–H and O–H groups in total. The van der Waals surface area contributed by atoms with E-state index in [-0.39, 0.29) is 5.88 Å². The number of H-pyrrole nitrogens is 1. The smallest absolute Gasteiger partial charge is 0.247 e. The van der Waals surface area contributed by atoms with Gasteiger partial charge in [-0.1, -0.05) is 0 Å². The van der Waals surface area contributed by atoms with Crippen molar-refractivity contribution in [2.75, 3.05) is 12.8 Å². The zero-order valence-electron chi connectivity index (χ0n) is 9.02. The maximum Gasteiger partial charge on any atom is 0.247 e. The van der Waals surface area contributed by atoms with Gasteiger partial charge in [0.25, 0.3) is 0 Å². The van der Waals surface area contributed by atoms with E-state index >= 15 is 0 Å². The molecule has 0 spiro atoms. The lowest BCUT2D eigenvalue weighted by Gasteiger charge is -2.05. The van der Waals surface area contributed by atoms with E-state index in [1.165, 1.54) is 7.11 Å². The number of aromatic amines is 1. The number of rotatable bonds is 3. The quantitative estimate of drug-likeness (QED) is 0.818. The number of nitrogens with one attached hydrogen (secondary N) is 1. The molecule has 6 nitrogen and oxygen atoms in total. The summed E-state index contributed by atoms with van der Waals surface area (Å²) in [4.78, 5) is 4.07. The van der Waals surface area contributed by atoms with Crippen LogP contribution in [0.3, 0.4) is 0 Å². The van der Waals surface area contributed by atoms with Crippen LogP contribution in [-0.2, 0) is 0 Å². The maximum absolute atomic E-state index is 5.72. The molecule has 0 atom stereocenters. The van der Waals surface area contributed by atoms with E-state index in [1.54, 1.807) is 18.2 Å². The van der Waals surface area contributed by atoms with Crippen molar-refractivity contribution in [3.63, 3.8) is 0 Å². The lowest BCUT2D eigenvalue weighted by molar-refractivity contribution is 0.381. The molecule has 6 heteroatoms. The lowest BCUT2D eigenvalue weighted by atomic mass is 10.4. The van der Waals surface area contributed by atoms with Gasteiger partial charge >= 0.3 is 0 Å². The van der Waals surface area contributed by atoms with Crippen LogP contribution in [0.15, 0.2) is 18.2 Å². The first-order valence-electron chi connectivity index (χ1n) is 4.69. The Balaban J connectivity index is 2.26. The first kappa shape index (κ1) is 10.3. The molecule has 0 fully saturated rings. The number of pyridine rings is 1. The Kier molecular flexibility index (Phi) is 2.63. The molecule has 2 aromatic rings. The number of hydrogen-bond donors (Lipinski definition) is 2. The van der Waals surface area contributed by atoms with E-state index in [0.717, 1.165) is 5.69 Å². The third-order valence-electron chi connectivity index (χ3n) is 1.96. The number of methoxy groups -OCH3 is 1. The van der Waals surface area contributed by atoms with Crippen molar-refractivity contribution in [1.82, 2.24) is 15.2 Å². The highest BCUT2D eigenvalue weighted by molar-refractivity contribution is 5.50. The first-order chi connectivity index (χ1) is 7.69. The Bertz CT molecular complexity index is 495. The molecular formula is C10H12N4O2. The molecule has 0 aliphatic rings. The molecular weight excluding hydrogens is 208 g/mol. The Morgan fingerprint density at radius 1 is 1.31 bits per heavy atom. The van der Waals surface area contributed by atoms with Crippen molar-refractivity contribution < 1.29 is 9.47 Å². The third kappa shape index (κ3) is 2.05. The van der Waals surface area contributed by atoms with Crippen molar-refractivity contribution >= 4 is 5.69 Å². The van der Waals surface area contributed by atoms with Gasteiger partial charge in [0.1, 0.15) is 0 Å². The van der Waals surface area contributed by atoms with Crippen LogP contribution in [0.25, 0.3) is 0 Å². The van der Waals surface area contributed by atoms with E-state index in [4.69, 9.17) is 15.2 Å². The molecule has 0 bridgehead atoms. The summed E-state index contributed by atoms with van der Waals surface area (Å²) in [5.74, 6) is 1.15. The van der Waals surface area contributed by atoms with E-state index in [0.29, 0.717) is 17.4 Å². The van der Waals surface area contributed by atoms with E-state index in [1.807, 2.05) is 6.92 Å². The summed E-state index contributed by atoms with van der Waals surface area (Å²) in [7, 11) is 1.53. The number of nitrogen functional groups attached to an aromatic ring is 1.